The molecule has 2 aromatic rings. The SMILES string of the molecule is Cc1ccc(N[C@@H]2CCC[C@H](C(=O)N3CCc4[nH]cnc4C34CCC4)C2)nc1. The second kappa shape index (κ2) is 6.90. The van der Waals surface area contributed by atoms with Crippen LogP contribution in [-0.4, -0.2) is 38.3 Å². The zero-order valence-corrected chi connectivity index (χ0v) is 16.6. The van der Waals surface area contributed by atoms with E-state index in [1.54, 1.807) is 6.33 Å². The Morgan fingerprint density at radius 3 is 2.89 bits per heavy atom. The normalized spacial score (nSPS) is 25.8. The van der Waals surface area contributed by atoms with Crippen molar-refractivity contribution < 1.29 is 4.79 Å². The number of amides is 1. The molecule has 0 aromatic carbocycles. The molecule has 0 saturated heterocycles. The number of aromatic amines is 1. The minimum Gasteiger partial charge on any atom is -0.367 e. The number of aromatic nitrogens is 3. The third kappa shape index (κ3) is 2.90. The van der Waals surface area contributed by atoms with E-state index in [0.717, 1.165) is 68.6 Å². The van der Waals surface area contributed by atoms with Gasteiger partial charge < -0.3 is 15.2 Å². The predicted octanol–water partition coefficient (Wildman–Crippen LogP) is 3.55. The Morgan fingerprint density at radius 2 is 2.14 bits per heavy atom. The van der Waals surface area contributed by atoms with Crippen molar-refractivity contribution in [2.75, 3.05) is 11.9 Å². The quantitative estimate of drug-likeness (QED) is 0.855. The number of nitrogens with one attached hydrogen (secondary N) is 2. The summed E-state index contributed by atoms with van der Waals surface area (Å²) in [7, 11) is 0. The lowest BCUT2D eigenvalue weighted by molar-refractivity contribution is -0.149. The molecule has 0 bridgehead atoms. The molecule has 2 N–H and O–H groups in total. The Hall–Kier alpha value is -2.37. The Bertz CT molecular complexity index is 854. The van der Waals surface area contributed by atoms with Crippen LogP contribution < -0.4 is 5.32 Å². The molecule has 2 saturated carbocycles. The van der Waals surface area contributed by atoms with Crippen molar-refractivity contribution >= 4 is 11.7 Å². The first-order chi connectivity index (χ1) is 13.7. The van der Waals surface area contributed by atoms with Crippen LogP contribution in [0.2, 0.25) is 0 Å². The van der Waals surface area contributed by atoms with Gasteiger partial charge in [-0.15, -0.1) is 0 Å². The van der Waals surface area contributed by atoms with E-state index in [-0.39, 0.29) is 11.5 Å². The minimum absolute atomic E-state index is 0.106. The number of fused-ring (bicyclic) bond motifs is 2. The Kier molecular flexibility index (Phi) is 4.37. The van der Waals surface area contributed by atoms with E-state index in [2.05, 4.69) is 31.2 Å². The molecule has 0 unspecified atom stereocenters. The Labute approximate surface area is 166 Å². The molecule has 148 valence electrons. The highest BCUT2D eigenvalue weighted by atomic mass is 16.2. The number of anilines is 1. The van der Waals surface area contributed by atoms with Crippen LogP contribution in [0.3, 0.4) is 0 Å². The number of carbonyl (C=O) groups excluding carboxylic acids is 1. The third-order valence-electron chi connectivity index (χ3n) is 6.99. The molecular formula is C22H29N5O. The summed E-state index contributed by atoms with van der Waals surface area (Å²) in [6.07, 6.45) is 12.0. The number of nitrogens with zero attached hydrogens (tertiary/aromatic N) is 3. The highest BCUT2D eigenvalue weighted by Crippen LogP contribution is 2.49. The number of pyridine rings is 1. The van der Waals surface area contributed by atoms with Gasteiger partial charge in [0, 0.05) is 36.8 Å². The van der Waals surface area contributed by atoms with Gasteiger partial charge in [0.2, 0.25) is 5.91 Å². The molecule has 2 fully saturated rings. The van der Waals surface area contributed by atoms with Crippen molar-refractivity contribution in [2.45, 2.75) is 69.9 Å². The van der Waals surface area contributed by atoms with Gasteiger partial charge in [-0.05, 0) is 57.1 Å². The summed E-state index contributed by atoms with van der Waals surface area (Å²) in [6, 6.07) is 4.44. The zero-order chi connectivity index (χ0) is 19.1. The van der Waals surface area contributed by atoms with Crippen LogP contribution >= 0.6 is 0 Å². The summed E-state index contributed by atoms with van der Waals surface area (Å²) in [5.41, 5.74) is 3.39. The third-order valence-corrected chi connectivity index (χ3v) is 6.99. The van der Waals surface area contributed by atoms with Crippen molar-refractivity contribution in [3.8, 4) is 0 Å². The standard InChI is InChI=1S/C22H29N5O/c1-15-6-7-19(23-13-15)26-17-5-2-4-16(12-17)21(28)27-11-8-18-20(25-14-24-18)22(27)9-3-10-22/h6-7,13-14,16-17H,2-5,8-12H2,1H3,(H,23,26)(H,24,25)/t16-,17+/m0/s1. The largest absolute Gasteiger partial charge is 0.367 e. The molecule has 5 rings (SSSR count). The van der Waals surface area contributed by atoms with Gasteiger partial charge in [0.1, 0.15) is 5.82 Å². The second-order valence-corrected chi connectivity index (χ2v) is 8.78. The van der Waals surface area contributed by atoms with Gasteiger partial charge in [-0.3, -0.25) is 4.79 Å². The van der Waals surface area contributed by atoms with Crippen molar-refractivity contribution in [2.24, 2.45) is 5.92 Å². The number of aryl methyl sites for hydroxylation is 1. The first kappa shape index (κ1) is 17.7. The highest BCUT2D eigenvalue weighted by molar-refractivity contribution is 5.80. The number of rotatable bonds is 3. The molecule has 1 aliphatic heterocycles. The lowest BCUT2D eigenvalue weighted by Crippen LogP contribution is -2.59. The van der Waals surface area contributed by atoms with Gasteiger partial charge in [0.05, 0.1) is 17.6 Å². The van der Waals surface area contributed by atoms with E-state index in [1.807, 2.05) is 19.2 Å². The second-order valence-electron chi connectivity index (χ2n) is 8.78. The van der Waals surface area contributed by atoms with Gasteiger partial charge in [-0.25, -0.2) is 9.97 Å². The molecule has 2 atom stereocenters. The van der Waals surface area contributed by atoms with Crippen LogP contribution in [0.5, 0.6) is 0 Å². The van der Waals surface area contributed by atoms with Gasteiger partial charge in [-0.1, -0.05) is 12.5 Å². The Morgan fingerprint density at radius 1 is 1.25 bits per heavy atom. The first-order valence-corrected chi connectivity index (χ1v) is 10.7. The summed E-state index contributed by atoms with van der Waals surface area (Å²) in [6.45, 7) is 2.87. The highest BCUT2D eigenvalue weighted by Gasteiger charge is 2.52. The maximum atomic E-state index is 13.6. The summed E-state index contributed by atoms with van der Waals surface area (Å²) >= 11 is 0. The van der Waals surface area contributed by atoms with Crippen molar-refractivity contribution in [3.63, 3.8) is 0 Å². The van der Waals surface area contributed by atoms with Gasteiger partial charge in [0.15, 0.2) is 0 Å². The van der Waals surface area contributed by atoms with Crippen LogP contribution in [0.1, 0.15) is 61.9 Å². The first-order valence-electron chi connectivity index (χ1n) is 10.7. The van der Waals surface area contributed by atoms with E-state index in [1.165, 1.54) is 12.1 Å². The fraction of sp³-hybridized carbons (Fsp3) is 0.591. The van der Waals surface area contributed by atoms with Gasteiger partial charge in [0.25, 0.3) is 0 Å². The van der Waals surface area contributed by atoms with Gasteiger partial charge >= 0.3 is 0 Å². The maximum absolute atomic E-state index is 13.6. The molecule has 2 aliphatic carbocycles. The monoisotopic (exact) mass is 379 g/mol. The van der Waals surface area contributed by atoms with Gasteiger partial charge in [-0.2, -0.15) is 0 Å². The molecule has 1 amide bonds. The van der Waals surface area contributed by atoms with Crippen LogP contribution in [-0.2, 0) is 16.8 Å². The fourth-order valence-electron chi connectivity index (χ4n) is 5.35. The smallest absolute Gasteiger partial charge is 0.226 e. The van der Waals surface area contributed by atoms with Crippen LogP contribution in [0, 0.1) is 12.8 Å². The molecule has 3 aliphatic rings. The molecule has 6 heteroatoms. The molecule has 28 heavy (non-hydrogen) atoms. The Balaban J connectivity index is 1.30. The number of H-pyrrole nitrogens is 1. The zero-order valence-electron chi connectivity index (χ0n) is 16.6. The summed E-state index contributed by atoms with van der Waals surface area (Å²) in [5, 5.41) is 3.56. The fourth-order valence-corrected chi connectivity index (χ4v) is 5.35. The van der Waals surface area contributed by atoms with Crippen LogP contribution in [0.4, 0.5) is 5.82 Å². The van der Waals surface area contributed by atoms with E-state index in [0.29, 0.717) is 11.9 Å². The van der Waals surface area contributed by atoms with Crippen molar-refractivity contribution in [3.05, 3.63) is 41.6 Å². The summed E-state index contributed by atoms with van der Waals surface area (Å²) in [4.78, 5) is 28.2. The van der Waals surface area contributed by atoms with Crippen LogP contribution in [0.25, 0.3) is 0 Å². The number of hydrogen-bond acceptors (Lipinski definition) is 4. The summed E-state index contributed by atoms with van der Waals surface area (Å²) in [5.74, 6) is 1.37. The van der Waals surface area contributed by atoms with E-state index < -0.39 is 0 Å². The maximum Gasteiger partial charge on any atom is 0.226 e. The lowest BCUT2D eigenvalue weighted by Gasteiger charge is -2.53. The number of imidazole rings is 1. The van der Waals surface area contributed by atoms with Crippen molar-refractivity contribution in [1.82, 2.24) is 19.9 Å². The topological polar surface area (TPSA) is 73.9 Å². The molecule has 0 radical (unpaired) electrons. The average molecular weight is 380 g/mol. The molecule has 1 spiro atoms. The van der Waals surface area contributed by atoms with Crippen LogP contribution in [0.15, 0.2) is 24.7 Å². The number of hydrogen-bond donors (Lipinski definition) is 2. The number of carbonyl (C=O) groups is 1. The molecular weight excluding hydrogens is 350 g/mol. The predicted molar refractivity (Wildman–Crippen MR) is 108 cm³/mol. The molecule has 3 heterocycles. The lowest BCUT2D eigenvalue weighted by atomic mass is 9.69. The average Bonchev–Trinajstić information content (AvgIpc) is 3.16. The van der Waals surface area contributed by atoms with E-state index in [9.17, 15) is 4.79 Å². The van der Waals surface area contributed by atoms with E-state index in [4.69, 9.17) is 0 Å². The molecule has 6 nitrogen and oxygen atoms in total. The molecule has 2 aromatic heterocycles. The summed E-state index contributed by atoms with van der Waals surface area (Å²) < 4.78 is 0. The minimum atomic E-state index is -0.135. The van der Waals surface area contributed by atoms with Crippen molar-refractivity contribution in [1.29, 1.82) is 0 Å². The van der Waals surface area contributed by atoms with E-state index >= 15 is 0 Å².